The number of carbonyl (C=O) groups excluding carboxylic acids is 1. The lowest BCUT2D eigenvalue weighted by Crippen LogP contribution is -1.85. The van der Waals surface area contributed by atoms with Gasteiger partial charge in [0.05, 0.1) is 0 Å². The van der Waals surface area contributed by atoms with Gasteiger partial charge in [0, 0.05) is 18.1 Å². The average molecular weight is 268 g/mol. The second-order valence-corrected chi connectivity index (χ2v) is 4.48. The largest absolute Gasteiger partial charge is 0.453 e. The van der Waals surface area contributed by atoms with Crippen molar-refractivity contribution < 1.29 is 13.6 Å². The number of nitrogens with zero attached hydrogens (tertiary/aromatic N) is 2. The summed E-state index contributed by atoms with van der Waals surface area (Å²) in [6.45, 7) is 3.72. The van der Waals surface area contributed by atoms with Gasteiger partial charge in [0.15, 0.2) is 12.0 Å². The highest BCUT2D eigenvalue weighted by Gasteiger charge is 2.12. The zero-order valence-electron chi connectivity index (χ0n) is 11.1. The molecule has 0 aliphatic rings. The molecule has 5 heteroatoms. The van der Waals surface area contributed by atoms with Crippen molar-refractivity contribution in [1.29, 1.82) is 0 Å². The highest BCUT2D eigenvalue weighted by Crippen LogP contribution is 2.29. The van der Waals surface area contributed by atoms with Crippen LogP contribution in [0.1, 0.15) is 22.0 Å². The Morgan fingerprint density at radius 3 is 2.55 bits per heavy atom. The van der Waals surface area contributed by atoms with Crippen LogP contribution in [0.5, 0.6) is 0 Å². The molecule has 0 aliphatic carbocycles. The molecular formula is C15H12N2O3. The first kappa shape index (κ1) is 12.3. The summed E-state index contributed by atoms with van der Waals surface area (Å²) in [5.74, 6) is 1.93. The van der Waals surface area contributed by atoms with Gasteiger partial charge in [-0.3, -0.25) is 4.79 Å². The lowest BCUT2D eigenvalue weighted by molar-refractivity contribution is 0.110. The van der Waals surface area contributed by atoms with Crippen molar-refractivity contribution in [2.75, 3.05) is 0 Å². The Balaban J connectivity index is 2.08. The smallest absolute Gasteiger partial charge is 0.247 e. The zero-order chi connectivity index (χ0) is 14.1. The van der Waals surface area contributed by atoms with E-state index in [0.717, 1.165) is 16.7 Å². The molecule has 3 rings (SSSR count). The summed E-state index contributed by atoms with van der Waals surface area (Å²) in [4.78, 5) is 10.7. The molecule has 0 N–H and O–H groups in total. The van der Waals surface area contributed by atoms with Gasteiger partial charge in [-0.25, -0.2) is 0 Å². The molecule has 0 bridgehead atoms. The Morgan fingerprint density at radius 1 is 1.05 bits per heavy atom. The van der Waals surface area contributed by atoms with E-state index in [2.05, 4.69) is 10.2 Å². The van der Waals surface area contributed by atoms with Gasteiger partial charge in [-0.2, -0.15) is 0 Å². The van der Waals surface area contributed by atoms with Crippen molar-refractivity contribution in [1.82, 2.24) is 10.2 Å². The second kappa shape index (κ2) is 4.77. The van der Waals surface area contributed by atoms with Crippen LogP contribution in [0.15, 0.2) is 39.2 Å². The van der Waals surface area contributed by atoms with Crippen LogP contribution in [0.3, 0.4) is 0 Å². The van der Waals surface area contributed by atoms with Crippen LogP contribution < -0.4 is 0 Å². The Bertz CT molecular complexity index is 771. The summed E-state index contributed by atoms with van der Waals surface area (Å²) in [6.07, 6.45) is 0.685. The number of hydrogen-bond donors (Lipinski definition) is 0. The van der Waals surface area contributed by atoms with Gasteiger partial charge >= 0.3 is 0 Å². The minimum absolute atomic E-state index is 0.304. The number of hydrogen-bond acceptors (Lipinski definition) is 5. The van der Waals surface area contributed by atoms with Crippen molar-refractivity contribution >= 4 is 6.29 Å². The normalized spacial score (nSPS) is 10.7. The quantitative estimate of drug-likeness (QED) is 0.681. The summed E-state index contributed by atoms with van der Waals surface area (Å²) in [6, 6.07) is 9.19. The average Bonchev–Trinajstić information content (AvgIpc) is 3.08. The van der Waals surface area contributed by atoms with Gasteiger partial charge in [0.1, 0.15) is 5.76 Å². The predicted octanol–water partition coefficient (Wildman–Crippen LogP) is 3.43. The maximum atomic E-state index is 10.7. The van der Waals surface area contributed by atoms with Crippen LogP contribution in [0.25, 0.3) is 22.8 Å². The topological polar surface area (TPSA) is 69.1 Å². The van der Waals surface area contributed by atoms with E-state index in [4.69, 9.17) is 8.83 Å². The monoisotopic (exact) mass is 268 g/mol. The molecule has 5 nitrogen and oxygen atoms in total. The Kier molecular flexibility index (Phi) is 2.95. The van der Waals surface area contributed by atoms with Gasteiger partial charge in [-0.1, -0.05) is 6.07 Å². The van der Waals surface area contributed by atoms with E-state index in [0.29, 0.717) is 29.6 Å². The maximum absolute atomic E-state index is 10.7. The summed E-state index contributed by atoms with van der Waals surface area (Å²) >= 11 is 0. The van der Waals surface area contributed by atoms with E-state index in [9.17, 15) is 4.79 Å². The number of aldehydes is 1. The van der Waals surface area contributed by atoms with E-state index in [-0.39, 0.29) is 0 Å². The van der Waals surface area contributed by atoms with E-state index in [1.165, 1.54) is 0 Å². The van der Waals surface area contributed by atoms with Crippen LogP contribution in [-0.4, -0.2) is 16.5 Å². The first-order valence-corrected chi connectivity index (χ1v) is 6.14. The van der Waals surface area contributed by atoms with Crippen molar-refractivity contribution in [3.8, 4) is 22.8 Å². The molecule has 0 saturated carbocycles. The van der Waals surface area contributed by atoms with Gasteiger partial charge in [-0.15, -0.1) is 10.2 Å². The molecule has 0 unspecified atom stereocenters. The maximum Gasteiger partial charge on any atom is 0.247 e. The Hall–Kier alpha value is -2.69. The number of carbonyl (C=O) groups is 1. The molecule has 1 aromatic carbocycles. The standard InChI is InChI=1S/C15H12N2O3/c1-9-3-4-11(15-17-16-10(2)19-15)7-13(9)14-6-5-12(8-18)20-14/h3-8H,1-2H3. The van der Waals surface area contributed by atoms with Crippen molar-refractivity contribution in [2.45, 2.75) is 13.8 Å². The number of rotatable bonds is 3. The molecule has 2 aromatic heterocycles. The molecular weight excluding hydrogens is 256 g/mol. The fraction of sp³-hybridized carbons (Fsp3) is 0.133. The fourth-order valence-corrected chi connectivity index (χ4v) is 1.99. The highest BCUT2D eigenvalue weighted by atomic mass is 16.4. The van der Waals surface area contributed by atoms with Gasteiger partial charge in [0.2, 0.25) is 11.8 Å². The van der Waals surface area contributed by atoms with E-state index >= 15 is 0 Å². The van der Waals surface area contributed by atoms with Gasteiger partial charge in [0.25, 0.3) is 0 Å². The number of aryl methyl sites for hydroxylation is 2. The van der Waals surface area contributed by atoms with E-state index in [1.54, 1.807) is 19.1 Å². The second-order valence-electron chi connectivity index (χ2n) is 4.48. The molecule has 0 saturated heterocycles. The minimum Gasteiger partial charge on any atom is -0.453 e. The van der Waals surface area contributed by atoms with Crippen LogP contribution in [0, 0.1) is 13.8 Å². The third-order valence-electron chi connectivity index (χ3n) is 3.02. The molecule has 0 radical (unpaired) electrons. The summed E-state index contributed by atoms with van der Waals surface area (Å²) in [5.41, 5.74) is 2.75. The van der Waals surface area contributed by atoms with Crippen molar-refractivity contribution in [2.24, 2.45) is 0 Å². The highest BCUT2D eigenvalue weighted by molar-refractivity contribution is 5.75. The van der Waals surface area contributed by atoms with Gasteiger partial charge < -0.3 is 8.83 Å². The van der Waals surface area contributed by atoms with E-state index < -0.39 is 0 Å². The minimum atomic E-state index is 0.304. The fourth-order valence-electron chi connectivity index (χ4n) is 1.99. The van der Waals surface area contributed by atoms with Crippen molar-refractivity contribution in [3.63, 3.8) is 0 Å². The number of aromatic nitrogens is 2. The molecule has 0 fully saturated rings. The Morgan fingerprint density at radius 2 is 1.90 bits per heavy atom. The number of furan rings is 1. The van der Waals surface area contributed by atoms with Crippen LogP contribution in [0.2, 0.25) is 0 Å². The van der Waals surface area contributed by atoms with Gasteiger partial charge in [-0.05, 0) is 36.8 Å². The summed E-state index contributed by atoms with van der Waals surface area (Å²) < 4.78 is 10.9. The third-order valence-corrected chi connectivity index (χ3v) is 3.02. The zero-order valence-corrected chi connectivity index (χ0v) is 11.1. The molecule has 20 heavy (non-hydrogen) atoms. The molecule has 3 aromatic rings. The first-order chi connectivity index (χ1) is 9.67. The lowest BCUT2D eigenvalue weighted by atomic mass is 10.0. The third kappa shape index (κ3) is 2.14. The molecule has 0 amide bonds. The van der Waals surface area contributed by atoms with Crippen molar-refractivity contribution in [3.05, 3.63) is 47.5 Å². The summed E-state index contributed by atoms with van der Waals surface area (Å²) in [5, 5.41) is 7.82. The molecule has 100 valence electrons. The Labute approximate surface area is 115 Å². The number of benzene rings is 1. The SMILES string of the molecule is Cc1nnc(-c2ccc(C)c(-c3ccc(C=O)o3)c2)o1. The van der Waals surface area contributed by atoms with E-state index in [1.807, 2.05) is 25.1 Å². The lowest BCUT2D eigenvalue weighted by Gasteiger charge is -2.04. The molecule has 0 atom stereocenters. The van der Waals surface area contributed by atoms with Crippen LogP contribution in [0.4, 0.5) is 0 Å². The molecule has 0 aliphatic heterocycles. The van der Waals surface area contributed by atoms with Crippen LogP contribution >= 0.6 is 0 Å². The van der Waals surface area contributed by atoms with Crippen LogP contribution in [-0.2, 0) is 0 Å². The first-order valence-electron chi connectivity index (χ1n) is 6.14. The molecule has 2 heterocycles. The predicted molar refractivity (Wildman–Crippen MR) is 72.3 cm³/mol. The molecule has 0 spiro atoms. The summed E-state index contributed by atoms with van der Waals surface area (Å²) in [7, 11) is 0.